The Morgan fingerprint density at radius 3 is 2.70 bits per heavy atom. The molecule has 6 heteroatoms. The molecule has 1 heterocycles. The fourth-order valence-corrected chi connectivity index (χ4v) is 2.53. The molecule has 0 bridgehead atoms. The Hall–Kier alpha value is -1.43. The maximum absolute atomic E-state index is 11.8. The van der Waals surface area contributed by atoms with Crippen LogP contribution in [-0.4, -0.2) is 28.0 Å². The molecule has 1 rings (SSSR count). The summed E-state index contributed by atoms with van der Waals surface area (Å²) in [6, 6.07) is -0.797. The smallest absolute Gasteiger partial charge is 0.326 e. The van der Waals surface area contributed by atoms with E-state index in [1.165, 1.54) is 0 Å². The molecular weight excluding hydrogens is 276 g/mol. The monoisotopic (exact) mass is 298 g/mol. The maximum atomic E-state index is 11.8. The first-order valence-corrected chi connectivity index (χ1v) is 7.75. The SMILES string of the molecule is CCC(C)C(NC(=O)CCCc1csc(C)n1)C(=O)O. The molecule has 1 aromatic rings. The predicted octanol–water partition coefficient (Wildman–Crippen LogP) is 2.39. The largest absolute Gasteiger partial charge is 0.480 e. The van der Waals surface area contributed by atoms with Crippen molar-refractivity contribution < 1.29 is 14.7 Å². The Morgan fingerprint density at radius 2 is 2.20 bits per heavy atom. The van der Waals surface area contributed by atoms with Crippen LogP contribution in [-0.2, 0) is 16.0 Å². The molecule has 0 aliphatic rings. The summed E-state index contributed by atoms with van der Waals surface area (Å²) in [5.74, 6) is -1.25. The van der Waals surface area contributed by atoms with Gasteiger partial charge in [-0.25, -0.2) is 9.78 Å². The van der Waals surface area contributed by atoms with Gasteiger partial charge in [0.25, 0.3) is 0 Å². The number of hydrogen-bond donors (Lipinski definition) is 2. The minimum atomic E-state index is -0.970. The summed E-state index contributed by atoms with van der Waals surface area (Å²) in [4.78, 5) is 27.2. The number of nitrogens with zero attached hydrogens (tertiary/aromatic N) is 1. The van der Waals surface area contributed by atoms with Crippen molar-refractivity contribution in [3.05, 3.63) is 16.1 Å². The topological polar surface area (TPSA) is 79.3 Å². The minimum absolute atomic E-state index is 0.0716. The van der Waals surface area contributed by atoms with E-state index in [-0.39, 0.29) is 11.8 Å². The van der Waals surface area contributed by atoms with Gasteiger partial charge in [-0.2, -0.15) is 0 Å². The lowest BCUT2D eigenvalue weighted by atomic mass is 9.99. The molecule has 0 aliphatic heterocycles. The van der Waals surface area contributed by atoms with Crippen LogP contribution in [0.3, 0.4) is 0 Å². The third-order valence-electron chi connectivity index (χ3n) is 3.30. The van der Waals surface area contributed by atoms with Crippen LogP contribution in [0.15, 0.2) is 5.38 Å². The fraction of sp³-hybridized carbons (Fsp3) is 0.643. The Bertz CT molecular complexity index is 459. The summed E-state index contributed by atoms with van der Waals surface area (Å²) < 4.78 is 0. The molecule has 0 aliphatic carbocycles. The van der Waals surface area contributed by atoms with Crippen LogP contribution in [0.2, 0.25) is 0 Å². The Balaban J connectivity index is 2.36. The van der Waals surface area contributed by atoms with Crippen LogP contribution in [0.4, 0.5) is 0 Å². The van der Waals surface area contributed by atoms with Gasteiger partial charge in [-0.15, -0.1) is 11.3 Å². The van der Waals surface area contributed by atoms with Crippen molar-refractivity contribution >= 4 is 23.2 Å². The standard InChI is InChI=1S/C14H22N2O3S/c1-4-9(2)13(14(18)19)16-12(17)7-5-6-11-8-20-10(3)15-11/h8-9,13H,4-7H2,1-3H3,(H,16,17)(H,18,19). The summed E-state index contributed by atoms with van der Waals surface area (Å²) in [6.07, 6.45) is 2.48. The number of carbonyl (C=O) groups is 2. The van der Waals surface area contributed by atoms with Crippen molar-refractivity contribution in [3.63, 3.8) is 0 Å². The van der Waals surface area contributed by atoms with Gasteiger partial charge < -0.3 is 10.4 Å². The summed E-state index contributed by atoms with van der Waals surface area (Å²) in [5, 5.41) is 14.7. The zero-order valence-electron chi connectivity index (χ0n) is 12.2. The zero-order valence-corrected chi connectivity index (χ0v) is 13.0. The fourth-order valence-electron chi connectivity index (χ4n) is 1.88. The highest BCUT2D eigenvalue weighted by molar-refractivity contribution is 7.09. The number of hydrogen-bond acceptors (Lipinski definition) is 4. The number of aromatic nitrogens is 1. The molecule has 0 aromatic carbocycles. The summed E-state index contributed by atoms with van der Waals surface area (Å²) >= 11 is 1.60. The highest BCUT2D eigenvalue weighted by atomic mass is 32.1. The molecule has 112 valence electrons. The van der Waals surface area contributed by atoms with Crippen LogP contribution in [0.25, 0.3) is 0 Å². The number of thiazole rings is 1. The van der Waals surface area contributed by atoms with Gasteiger partial charge in [-0.3, -0.25) is 4.79 Å². The first-order valence-electron chi connectivity index (χ1n) is 6.87. The number of carboxylic acids is 1. The van der Waals surface area contributed by atoms with Crippen molar-refractivity contribution in [2.24, 2.45) is 5.92 Å². The quantitative estimate of drug-likeness (QED) is 0.772. The molecule has 1 aromatic heterocycles. The van der Waals surface area contributed by atoms with Gasteiger partial charge in [0.15, 0.2) is 0 Å². The molecule has 0 radical (unpaired) electrons. The van der Waals surface area contributed by atoms with Crippen LogP contribution in [0, 0.1) is 12.8 Å². The molecule has 0 saturated heterocycles. The average Bonchev–Trinajstić information content (AvgIpc) is 2.80. The Labute approximate surface area is 123 Å². The van der Waals surface area contributed by atoms with Gasteiger partial charge in [-0.1, -0.05) is 20.3 Å². The molecule has 20 heavy (non-hydrogen) atoms. The van der Waals surface area contributed by atoms with Crippen molar-refractivity contribution in [3.8, 4) is 0 Å². The highest BCUT2D eigenvalue weighted by Crippen LogP contribution is 2.11. The molecule has 2 unspecified atom stereocenters. The highest BCUT2D eigenvalue weighted by Gasteiger charge is 2.24. The Morgan fingerprint density at radius 1 is 1.50 bits per heavy atom. The lowest BCUT2D eigenvalue weighted by molar-refractivity contribution is -0.143. The van der Waals surface area contributed by atoms with Crippen molar-refractivity contribution in [1.82, 2.24) is 10.3 Å². The van der Waals surface area contributed by atoms with Crippen LogP contribution in [0.5, 0.6) is 0 Å². The van der Waals surface area contributed by atoms with Crippen LogP contribution < -0.4 is 5.32 Å². The molecular formula is C14H22N2O3S. The van der Waals surface area contributed by atoms with Gasteiger partial charge in [0.2, 0.25) is 5.91 Å². The first-order chi connectivity index (χ1) is 9.43. The minimum Gasteiger partial charge on any atom is -0.480 e. The van der Waals surface area contributed by atoms with E-state index in [0.29, 0.717) is 12.8 Å². The van der Waals surface area contributed by atoms with E-state index in [9.17, 15) is 9.59 Å². The second-order valence-electron chi connectivity index (χ2n) is 4.98. The summed E-state index contributed by atoms with van der Waals surface area (Å²) in [7, 11) is 0. The number of carboxylic acid groups (broad SMARTS) is 1. The van der Waals surface area contributed by atoms with Gasteiger partial charge in [0, 0.05) is 11.8 Å². The lowest BCUT2D eigenvalue weighted by Gasteiger charge is -2.20. The number of aryl methyl sites for hydroxylation is 2. The van der Waals surface area contributed by atoms with E-state index in [0.717, 1.165) is 23.5 Å². The van der Waals surface area contributed by atoms with E-state index in [2.05, 4.69) is 10.3 Å². The van der Waals surface area contributed by atoms with E-state index in [1.54, 1.807) is 11.3 Å². The average molecular weight is 298 g/mol. The van der Waals surface area contributed by atoms with Gasteiger partial charge in [0.05, 0.1) is 10.7 Å². The third-order valence-corrected chi connectivity index (χ3v) is 4.12. The number of amides is 1. The van der Waals surface area contributed by atoms with E-state index in [1.807, 2.05) is 26.2 Å². The summed E-state index contributed by atoms with van der Waals surface area (Å²) in [6.45, 7) is 5.69. The number of rotatable bonds is 8. The van der Waals surface area contributed by atoms with Crippen molar-refractivity contribution in [1.29, 1.82) is 0 Å². The molecule has 0 fully saturated rings. The number of nitrogens with one attached hydrogen (secondary N) is 1. The van der Waals surface area contributed by atoms with Crippen molar-refractivity contribution in [2.45, 2.75) is 52.5 Å². The molecule has 5 nitrogen and oxygen atoms in total. The molecule has 0 saturated carbocycles. The van der Waals surface area contributed by atoms with Crippen molar-refractivity contribution in [2.75, 3.05) is 0 Å². The van der Waals surface area contributed by atoms with Gasteiger partial charge in [-0.05, 0) is 25.7 Å². The van der Waals surface area contributed by atoms with E-state index in [4.69, 9.17) is 5.11 Å². The third kappa shape index (κ3) is 5.28. The second-order valence-corrected chi connectivity index (χ2v) is 6.04. The second kappa shape index (κ2) is 7.99. The predicted molar refractivity (Wildman–Crippen MR) is 78.8 cm³/mol. The number of carbonyl (C=O) groups excluding carboxylic acids is 1. The Kier molecular flexibility index (Phi) is 6.64. The first kappa shape index (κ1) is 16.6. The van der Waals surface area contributed by atoms with Crippen LogP contribution in [0.1, 0.15) is 43.8 Å². The molecule has 2 N–H and O–H groups in total. The van der Waals surface area contributed by atoms with Crippen LogP contribution >= 0.6 is 11.3 Å². The summed E-state index contributed by atoms with van der Waals surface area (Å²) in [5.41, 5.74) is 0.997. The van der Waals surface area contributed by atoms with E-state index >= 15 is 0 Å². The lowest BCUT2D eigenvalue weighted by Crippen LogP contribution is -2.44. The zero-order chi connectivity index (χ0) is 15.1. The molecule has 0 spiro atoms. The molecule has 2 atom stereocenters. The van der Waals surface area contributed by atoms with Gasteiger partial charge >= 0.3 is 5.97 Å². The number of aliphatic carboxylic acids is 1. The molecule has 1 amide bonds. The maximum Gasteiger partial charge on any atom is 0.326 e. The normalized spacial score (nSPS) is 13.8. The van der Waals surface area contributed by atoms with Gasteiger partial charge in [0.1, 0.15) is 6.04 Å². The van der Waals surface area contributed by atoms with E-state index < -0.39 is 12.0 Å².